The Labute approximate surface area is 96.4 Å². The van der Waals surface area contributed by atoms with E-state index in [1.54, 1.807) is 6.08 Å². The summed E-state index contributed by atoms with van der Waals surface area (Å²) in [5.74, 6) is 0. The summed E-state index contributed by atoms with van der Waals surface area (Å²) in [5, 5.41) is 8.86. The fourth-order valence-electron chi connectivity index (χ4n) is 3.49. The molecule has 0 heterocycles. The van der Waals surface area contributed by atoms with Crippen molar-refractivity contribution in [1.29, 1.82) is 5.26 Å². The second-order valence-electron chi connectivity index (χ2n) is 5.01. The zero-order chi connectivity index (χ0) is 11.0. The average molecular weight is 209 g/mol. The highest BCUT2D eigenvalue weighted by Gasteiger charge is 2.42. The largest absolute Gasteiger partial charge is 0.193 e. The Hall–Kier alpha value is -1.55. The quantitative estimate of drug-likeness (QED) is 0.596. The van der Waals surface area contributed by atoms with E-state index in [0.29, 0.717) is 5.41 Å². The Balaban J connectivity index is 2.16. The maximum Gasteiger partial charge on any atom is 0.0915 e. The zero-order valence-corrected chi connectivity index (χ0v) is 9.37. The van der Waals surface area contributed by atoms with Gasteiger partial charge in [-0.25, -0.2) is 0 Å². The molecule has 0 aliphatic heterocycles. The van der Waals surface area contributed by atoms with Crippen molar-refractivity contribution in [3.8, 4) is 6.07 Å². The van der Waals surface area contributed by atoms with Gasteiger partial charge in [-0.15, -0.1) is 0 Å². The molecule has 0 N–H and O–H groups in total. The van der Waals surface area contributed by atoms with Crippen LogP contribution in [0.5, 0.6) is 0 Å². The van der Waals surface area contributed by atoms with E-state index in [1.165, 1.54) is 42.4 Å². The molecule has 0 aromatic heterocycles. The maximum atomic E-state index is 8.86. The molecule has 0 unspecified atom stereocenters. The average Bonchev–Trinajstić information content (AvgIpc) is 2.89. The molecular weight excluding hydrogens is 194 g/mol. The summed E-state index contributed by atoms with van der Waals surface area (Å²) >= 11 is 0. The molecule has 1 saturated carbocycles. The first-order valence-corrected chi connectivity index (χ1v) is 6.04. The first-order chi connectivity index (χ1) is 7.86. The smallest absolute Gasteiger partial charge is 0.0915 e. The van der Waals surface area contributed by atoms with Crippen molar-refractivity contribution >= 4 is 5.57 Å². The number of allylic oxidation sites excluding steroid dienone is 2. The molecule has 3 rings (SSSR count). The molecular formula is C15H15N. The summed E-state index contributed by atoms with van der Waals surface area (Å²) in [6, 6.07) is 10.8. The van der Waals surface area contributed by atoms with Crippen molar-refractivity contribution in [2.75, 3.05) is 0 Å². The summed E-state index contributed by atoms with van der Waals surface area (Å²) in [5.41, 5.74) is 4.44. The molecule has 1 aromatic carbocycles. The van der Waals surface area contributed by atoms with Gasteiger partial charge in [0.1, 0.15) is 0 Å². The van der Waals surface area contributed by atoms with Gasteiger partial charge in [-0.05, 0) is 41.4 Å². The summed E-state index contributed by atoms with van der Waals surface area (Å²) in [7, 11) is 0. The van der Waals surface area contributed by atoms with Crippen molar-refractivity contribution in [2.45, 2.75) is 37.5 Å². The topological polar surface area (TPSA) is 23.8 Å². The van der Waals surface area contributed by atoms with E-state index < -0.39 is 0 Å². The molecule has 1 heteroatoms. The van der Waals surface area contributed by atoms with E-state index >= 15 is 0 Å². The number of nitrogens with zero attached hydrogens (tertiary/aromatic N) is 1. The fraction of sp³-hybridized carbons (Fsp3) is 0.400. The number of fused-ring (bicyclic) bond motifs is 2. The van der Waals surface area contributed by atoms with Crippen molar-refractivity contribution < 1.29 is 0 Å². The Bertz CT molecular complexity index is 484. The van der Waals surface area contributed by atoms with Gasteiger partial charge in [-0.3, -0.25) is 0 Å². The van der Waals surface area contributed by atoms with Crippen LogP contribution in [-0.2, 0) is 5.41 Å². The summed E-state index contributed by atoms with van der Waals surface area (Å²) in [4.78, 5) is 0. The lowest BCUT2D eigenvalue weighted by molar-refractivity contribution is 0.469. The molecule has 0 bridgehead atoms. The standard InChI is InChI=1S/C15H15N/c16-10-7-12-11-15(8-3-4-9-15)14-6-2-1-5-13(12)14/h1-2,5-7H,3-4,8-9,11H2. The Morgan fingerprint density at radius 1 is 1.19 bits per heavy atom. The van der Waals surface area contributed by atoms with Crippen LogP contribution in [0.4, 0.5) is 0 Å². The normalized spacial score (nSPS) is 23.6. The van der Waals surface area contributed by atoms with Gasteiger partial charge in [0.25, 0.3) is 0 Å². The number of hydrogen-bond acceptors (Lipinski definition) is 1. The highest BCUT2D eigenvalue weighted by atomic mass is 14.5. The third kappa shape index (κ3) is 1.23. The highest BCUT2D eigenvalue weighted by Crippen LogP contribution is 2.54. The number of rotatable bonds is 0. The van der Waals surface area contributed by atoms with E-state index in [0.717, 1.165) is 6.42 Å². The maximum absolute atomic E-state index is 8.86. The third-order valence-electron chi connectivity index (χ3n) is 4.17. The Morgan fingerprint density at radius 2 is 1.94 bits per heavy atom. The molecule has 1 nitrogen and oxygen atoms in total. The molecule has 2 aliphatic rings. The molecule has 2 aliphatic carbocycles. The SMILES string of the molecule is N#CC=C1CC2(CCCC2)c2ccccc21. The van der Waals surface area contributed by atoms with Gasteiger partial charge in [0.15, 0.2) is 0 Å². The Morgan fingerprint density at radius 3 is 2.69 bits per heavy atom. The van der Waals surface area contributed by atoms with Crippen molar-refractivity contribution in [1.82, 2.24) is 0 Å². The van der Waals surface area contributed by atoms with Crippen LogP contribution in [0.2, 0.25) is 0 Å². The fourth-order valence-corrected chi connectivity index (χ4v) is 3.49. The van der Waals surface area contributed by atoms with Crippen molar-refractivity contribution in [3.63, 3.8) is 0 Å². The first kappa shape index (κ1) is 9.66. The minimum absolute atomic E-state index is 0.374. The summed E-state index contributed by atoms with van der Waals surface area (Å²) < 4.78 is 0. The molecule has 80 valence electrons. The minimum Gasteiger partial charge on any atom is -0.193 e. The molecule has 1 fully saturated rings. The van der Waals surface area contributed by atoms with Crippen LogP contribution in [0.15, 0.2) is 30.3 Å². The van der Waals surface area contributed by atoms with Crippen LogP contribution in [0, 0.1) is 11.3 Å². The molecule has 16 heavy (non-hydrogen) atoms. The third-order valence-corrected chi connectivity index (χ3v) is 4.17. The minimum atomic E-state index is 0.374. The number of hydrogen-bond donors (Lipinski definition) is 0. The van der Waals surface area contributed by atoms with Gasteiger partial charge >= 0.3 is 0 Å². The van der Waals surface area contributed by atoms with Gasteiger partial charge in [0, 0.05) is 6.08 Å². The van der Waals surface area contributed by atoms with Gasteiger partial charge in [0.05, 0.1) is 6.07 Å². The van der Waals surface area contributed by atoms with Crippen LogP contribution in [0.25, 0.3) is 5.57 Å². The van der Waals surface area contributed by atoms with Gasteiger partial charge in [-0.1, -0.05) is 37.1 Å². The second-order valence-corrected chi connectivity index (χ2v) is 5.01. The van der Waals surface area contributed by atoms with Gasteiger partial charge in [-0.2, -0.15) is 5.26 Å². The van der Waals surface area contributed by atoms with E-state index in [9.17, 15) is 0 Å². The van der Waals surface area contributed by atoms with E-state index in [-0.39, 0.29) is 0 Å². The summed E-state index contributed by atoms with van der Waals surface area (Å²) in [6.45, 7) is 0. The van der Waals surface area contributed by atoms with Crippen LogP contribution >= 0.6 is 0 Å². The van der Waals surface area contributed by atoms with Gasteiger partial charge < -0.3 is 0 Å². The Kier molecular flexibility index (Phi) is 2.11. The molecule has 0 amide bonds. The monoisotopic (exact) mass is 209 g/mol. The van der Waals surface area contributed by atoms with Crippen LogP contribution in [0.1, 0.15) is 43.2 Å². The van der Waals surface area contributed by atoms with E-state index in [1.807, 2.05) is 0 Å². The van der Waals surface area contributed by atoms with Crippen LogP contribution in [-0.4, -0.2) is 0 Å². The molecule has 1 aromatic rings. The predicted molar refractivity (Wildman–Crippen MR) is 64.8 cm³/mol. The first-order valence-electron chi connectivity index (χ1n) is 6.04. The molecule has 0 atom stereocenters. The van der Waals surface area contributed by atoms with Crippen molar-refractivity contribution in [2.24, 2.45) is 0 Å². The predicted octanol–water partition coefficient (Wildman–Crippen LogP) is 3.81. The lowest BCUT2D eigenvalue weighted by Crippen LogP contribution is -2.17. The van der Waals surface area contributed by atoms with Gasteiger partial charge in [0.2, 0.25) is 0 Å². The summed E-state index contributed by atoms with van der Waals surface area (Å²) in [6.07, 6.45) is 8.10. The molecule has 1 spiro atoms. The lowest BCUT2D eigenvalue weighted by atomic mass is 9.80. The van der Waals surface area contributed by atoms with Crippen LogP contribution in [0.3, 0.4) is 0 Å². The molecule has 0 radical (unpaired) electrons. The zero-order valence-electron chi connectivity index (χ0n) is 9.37. The number of nitriles is 1. The number of benzene rings is 1. The van der Waals surface area contributed by atoms with Crippen LogP contribution < -0.4 is 0 Å². The second kappa shape index (κ2) is 3.49. The van der Waals surface area contributed by atoms with Crippen molar-refractivity contribution in [3.05, 3.63) is 41.5 Å². The van der Waals surface area contributed by atoms with E-state index in [4.69, 9.17) is 5.26 Å². The molecule has 0 saturated heterocycles. The van der Waals surface area contributed by atoms with E-state index in [2.05, 4.69) is 30.3 Å². The lowest BCUT2D eigenvalue weighted by Gasteiger charge is -2.23. The highest BCUT2D eigenvalue weighted by molar-refractivity contribution is 5.77.